The summed E-state index contributed by atoms with van der Waals surface area (Å²) in [6.07, 6.45) is 3.92. The zero-order valence-electron chi connectivity index (χ0n) is 21.9. The molecule has 0 aliphatic heterocycles. The highest BCUT2D eigenvalue weighted by molar-refractivity contribution is 6.15. The molecule has 0 N–H and O–H groups in total. The van der Waals surface area contributed by atoms with Crippen LogP contribution in [-0.4, -0.2) is 9.13 Å². The van der Waals surface area contributed by atoms with Gasteiger partial charge < -0.3 is 9.13 Å². The van der Waals surface area contributed by atoms with Crippen LogP contribution in [0, 0.1) is 0 Å². The first kappa shape index (κ1) is 23.1. The summed E-state index contributed by atoms with van der Waals surface area (Å²) in [7, 11) is 0. The largest absolute Gasteiger partial charge is 0.317 e. The van der Waals surface area contributed by atoms with E-state index in [-0.39, 0.29) is 0 Å². The van der Waals surface area contributed by atoms with Gasteiger partial charge >= 0.3 is 0 Å². The van der Waals surface area contributed by atoms with Crippen molar-refractivity contribution < 1.29 is 0 Å². The van der Waals surface area contributed by atoms with Crippen LogP contribution >= 0.6 is 0 Å². The Bertz CT molecular complexity index is 2140. The van der Waals surface area contributed by atoms with E-state index in [2.05, 4.69) is 149 Å². The van der Waals surface area contributed by atoms with Crippen LogP contribution in [0.1, 0.15) is 6.92 Å². The lowest BCUT2D eigenvalue weighted by Crippen LogP contribution is -1.95. The molecule has 0 atom stereocenters. The van der Waals surface area contributed by atoms with E-state index in [0.717, 1.165) is 0 Å². The third kappa shape index (κ3) is 3.72. The number of para-hydroxylation sites is 2. The number of benzene rings is 6. The Balaban J connectivity index is 0.000000809. The number of hydrogen-bond acceptors (Lipinski definition) is 0. The molecule has 0 fully saturated rings. The fraction of sp³-hybridized carbons (Fsp3) is 0.0270. The third-order valence-corrected chi connectivity index (χ3v) is 7.48. The van der Waals surface area contributed by atoms with Gasteiger partial charge in [0, 0.05) is 33.4 Å². The van der Waals surface area contributed by atoms with E-state index in [1.807, 2.05) is 6.92 Å². The number of fused-ring (bicyclic) bond motifs is 6. The minimum atomic E-state index is 1.18. The predicted octanol–water partition coefficient (Wildman–Crippen LogP) is 10.2. The lowest BCUT2D eigenvalue weighted by atomic mass is 10.0. The summed E-state index contributed by atoms with van der Waals surface area (Å²) in [4.78, 5) is 0. The van der Waals surface area contributed by atoms with Crippen molar-refractivity contribution in [2.24, 2.45) is 0 Å². The molecule has 8 aromatic rings. The maximum atomic E-state index is 3.36. The predicted molar refractivity (Wildman–Crippen MR) is 168 cm³/mol. The molecule has 0 bridgehead atoms. The van der Waals surface area contributed by atoms with Gasteiger partial charge in [-0.3, -0.25) is 0 Å². The van der Waals surface area contributed by atoms with Crippen LogP contribution in [-0.2, 0) is 0 Å². The quantitative estimate of drug-likeness (QED) is 0.209. The Morgan fingerprint density at radius 1 is 0.513 bits per heavy atom. The molecule has 0 unspecified atom stereocenters. The second kappa shape index (κ2) is 9.34. The standard InChI is InChI=1S/C34H22N2.C3H6/c1-2-11-27(12-3-1)35-18-17-24-19-25-22-34-30(20-26(25)21-33(24)35)29-14-6-7-15-32(29)36(34)31-16-8-10-23-9-4-5-13-28(23)31;1-3-2/h1-22H;3H,1H2,2H3. The van der Waals surface area contributed by atoms with Crippen molar-refractivity contribution in [1.82, 2.24) is 9.13 Å². The van der Waals surface area contributed by atoms with Gasteiger partial charge in [-0.25, -0.2) is 0 Å². The molecule has 6 aromatic carbocycles. The number of allylic oxidation sites excluding steroid dienone is 1. The Morgan fingerprint density at radius 2 is 1.18 bits per heavy atom. The molecule has 2 heteroatoms. The molecule has 0 radical (unpaired) electrons. The van der Waals surface area contributed by atoms with Gasteiger partial charge in [-0.2, -0.15) is 0 Å². The summed E-state index contributed by atoms with van der Waals surface area (Å²) in [5.74, 6) is 0. The van der Waals surface area contributed by atoms with Crippen LogP contribution in [0.2, 0.25) is 0 Å². The van der Waals surface area contributed by atoms with Gasteiger partial charge in [0.1, 0.15) is 0 Å². The molecule has 0 saturated carbocycles. The average Bonchev–Trinajstić information content (AvgIpc) is 3.53. The summed E-state index contributed by atoms with van der Waals surface area (Å²) in [5.41, 5.74) is 6.10. The molecule has 0 aliphatic rings. The Kier molecular flexibility index (Phi) is 5.53. The van der Waals surface area contributed by atoms with Gasteiger partial charge in [0.25, 0.3) is 0 Å². The zero-order chi connectivity index (χ0) is 26.3. The minimum absolute atomic E-state index is 1.18. The number of aromatic nitrogens is 2. The molecular weight excluding hydrogens is 472 g/mol. The molecule has 0 spiro atoms. The highest BCUT2D eigenvalue weighted by atomic mass is 15.0. The van der Waals surface area contributed by atoms with Crippen molar-refractivity contribution in [3.63, 3.8) is 0 Å². The maximum absolute atomic E-state index is 3.36. The lowest BCUT2D eigenvalue weighted by Gasteiger charge is -2.12. The first-order chi connectivity index (χ1) is 19.3. The van der Waals surface area contributed by atoms with E-state index in [9.17, 15) is 0 Å². The fourth-order valence-corrected chi connectivity index (χ4v) is 5.82. The van der Waals surface area contributed by atoms with E-state index < -0.39 is 0 Å². The number of rotatable bonds is 2. The Hall–Kier alpha value is -5.08. The topological polar surface area (TPSA) is 9.86 Å². The first-order valence-corrected chi connectivity index (χ1v) is 13.4. The lowest BCUT2D eigenvalue weighted by molar-refractivity contribution is 1.13. The Labute approximate surface area is 227 Å². The monoisotopic (exact) mass is 500 g/mol. The van der Waals surface area contributed by atoms with E-state index in [0.29, 0.717) is 0 Å². The first-order valence-electron chi connectivity index (χ1n) is 13.4. The van der Waals surface area contributed by atoms with Crippen LogP contribution in [0.5, 0.6) is 0 Å². The van der Waals surface area contributed by atoms with Gasteiger partial charge in [0.2, 0.25) is 0 Å². The van der Waals surface area contributed by atoms with Gasteiger partial charge in [-0.15, -0.1) is 6.58 Å². The summed E-state index contributed by atoms with van der Waals surface area (Å²) >= 11 is 0. The smallest absolute Gasteiger partial charge is 0.0547 e. The van der Waals surface area contributed by atoms with E-state index in [4.69, 9.17) is 0 Å². The van der Waals surface area contributed by atoms with Crippen LogP contribution < -0.4 is 0 Å². The molecule has 8 rings (SSSR count). The molecule has 0 saturated heterocycles. The molecule has 0 amide bonds. The van der Waals surface area contributed by atoms with Crippen LogP contribution in [0.3, 0.4) is 0 Å². The third-order valence-electron chi connectivity index (χ3n) is 7.48. The molecule has 186 valence electrons. The highest BCUT2D eigenvalue weighted by Gasteiger charge is 2.15. The molecule has 0 aliphatic carbocycles. The summed E-state index contributed by atoms with van der Waals surface area (Å²) in [5, 5.41) is 8.84. The van der Waals surface area contributed by atoms with Gasteiger partial charge in [-0.05, 0) is 77.7 Å². The van der Waals surface area contributed by atoms with Gasteiger partial charge in [-0.1, -0.05) is 78.9 Å². The number of hydrogen-bond donors (Lipinski definition) is 0. The summed E-state index contributed by atoms with van der Waals surface area (Å²) in [6, 6.07) is 46.2. The Morgan fingerprint density at radius 3 is 2.03 bits per heavy atom. The fourth-order valence-electron chi connectivity index (χ4n) is 5.82. The van der Waals surface area contributed by atoms with Crippen molar-refractivity contribution in [1.29, 1.82) is 0 Å². The van der Waals surface area contributed by atoms with Crippen LogP contribution in [0.4, 0.5) is 0 Å². The van der Waals surface area contributed by atoms with Crippen LogP contribution in [0.15, 0.2) is 146 Å². The normalized spacial score (nSPS) is 11.3. The SMILES string of the molecule is C=CC.c1ccc(-n2ccc3cc4cc5c(cc4cc32)c2ccccc2n5-c2cccc3ccccc23)cc1. The maximum Gasteiger partial charge on any atom is 0.0547 e. The molecule has 2 aromatic heterocycles. The summed E-state index contributed by atoms with van der Waals surface area (Å²) < 4.78 is 4.71. The van der Waals surface area contributed by atoms with E-state index in [1.54, 1.807) is 6.08 Å². The minimum Gasteiger partial charge on any atom is -0.317 e. The molecule has 39 heavy (non-hydrogen) atoms. The second-order valence-corrected chi connectivity index (χ2v) is 9.91. The van der Waals surface area contributed by atoms with Crippen LogP contribution in [0.25, 0.3) is 65.6 Å². The molecule has 2 heterocycles. The van der Waals surface area contributed by atoms with E-state index >= 15 is 0 Å². The highest BCUT2D eigenvalue weighted by Crippen LogP contribution is 2.38. The summed E-state index contributed by atoms with van der Waals surface area (Å²) in [6.45, 7) is 5.25. The van der Waals surface area contributed by atoms with Gasteiger partial charge in [0.05, 0.1) is 22.2 Å². The van der Waals surface area contributed by atoms with E-state index in [1.165, 1.54) is 65.6 Å². The van der Waals surface area contributed by atoms with Crippen molar-refractivity contribution in [2.75, 3.05) is 0 Å². The van der Waals surface area contributed by atoms with Crippen molar-refractivity contribution >= 4 is 54.3 Å². The molecular formula is C37H28N2. The zero-order valence-corrected chi connectivity index (χ0v) is 21.9. The van der Waals surface area contributed by atoms with Crippen molar-refractivity contribution in [2.45, 2.75) is 6.92 Å². The average molecular weight is 501 g/mol. The molecule has 2 nitrogen and oxygen atoms in total. The second-order valence-electron chi connectivity index (χ2n) is 9.91. The van der Waals surface area contributed by atoms with Crippen molar-refractivity contribution in [3.05, 3.63) is 146 Å². The van der Waals surface area contributed by atoms with Crippen molar-refractivity contribution in [3.8, 4) is 11.4 Å². The number of nitrogens with zero attached hydrogens (tertiary/aromatic N) is 2. The van der Waals surface area contributed by atoms with Gasteiger partial charge in [0.15, 0.2) is 0 Å².